The van der Waals surface area contributed by atoms with Gasteiger partial charge in [-0.2, -0.15) is 0 Å². The summed E-state index contributed by atoms with van der Waals surface area (Å²) in [6.45, 7) is 1.92. The normalized spacial score (nSPS) is 17.2. The van der Waals surface area contributed by atoms with Crippen molar-refractivity contribution in [2.45, 2.75) is 19.4 Å². The molecule has 0 fully saturated rings. The molecule has 1 atom stereocenters. The van der Waals surface area contributed by atoms with Crippen LogP contribution in [0.1, 0.15) is 23.7 Å². The predicted octanol–water partition coefficient (Wildman–Crippen LogP) is 3.58. The van der Waals surface area contributed by atoms with Crippen LogP contribution in [0.25, 0.3) is 0 Å². The number of amides is 1. The van der Waals surface area contributed by atoms with Gasteiger partial charge in [0.25, 0.3) is 5.91 Å². The van der Waals surface area contributed by atoms with Crippen molar-refractivity contribution in [3.8, 4) is 0 Å². The quantitative estimate of drug-likeness (QED) is 0.751. The fourth-order valence-electron chi connectivity index (χ4n) is 2.73. The topological polar surface area (TPSA) is 84.1 Å². The molecule has 1 amide bonds. The number of halogens is 4. The molecular formula is C17H15Cl2F2N5O. The Balaban J connectivity index is 1.82. The number of nitrogens with one attached hydrogen (secondary N) is 1. The largest absolute Gasteiger partial charge is 0.399 e. The SMILES string of the molecule is CC1CC(Nc2ncc(F)cn2)=C(N)CN1C(=O)c1ccc(Cl)c(F)c1Cl. The van der Waals surface area contributed by atoms with Crippen LogP contribution in [0.5, 0.6) is 0 Å². The Morgan fingerprint density at radius 3 is 2.63 bits per heavy atom. The maximum Gasteiger partial charge on any atom is 0.256 e. The molecule has 1 aliphatic rings. The van der Waals surface area contributed by atoms with E-state index in [4.69, 9.17) is 28.9 Å². The Bertz CT molecular complexity index is 920. The van der Waals surface area contributed by atoms with Gasteiger partial charge in [0.15, 0.2) is 11.6 Å². The van der Waals surface area contributed by atoms with E-state index in [0.29, 0.717) is 17.8 Å². The van der Waals surface area contributed by atoms with Crippen molar-refractivity contribution in [3.63, 3.8) is 0 Å². The number of nitrogens with zero attached hydrogens (tertiary/aromatic N) is 3. The minimum absolute atomic E-state index is 0.0106. The van der Waals surface area contributed by atoms with Crippen LogP contribution in [0.2, 0.25) is 10.0 Å². The summed E-state index contributed by atoms with van der Waals surface area (Å²) in [6.07, 6.45) is 2.45. The molecule has 3 N–H and O–H groups in total. The molecule has 1 aromatic carbocycles. The number of carbonyl (C=O) groups excluding carboxylic acids is 1. The average Bonchev–Trinajstić information content (AvgIpc) is 2.64. The van der Waals surface area contributed by atoms with E-state index in [9.17, 15) is 13.6 Å². The van der Waals surface area contributed by atoms with Gasteiger partial charge in [0.1, 0.15) is 0 Å². The second-order valence-corrected chi connectivity index (χ2v) is 6.85. The third-order valence-corrected chi connectivity index (χ3v) is 4.83. The maximum absolute atomic E-state index is 13.9. The highest BCUT2D eigenvalue weighted by atomic mass is 35.5. The third kappa shape index (κ3) is 3.96. The predicted molar refractivity (Wildman–Crippen MR) is 98.4 cm³/mol. The highest BCUT2D eigenvalue weighted by Crippen LogP contribution is 2.30. The summed E-state index contributed by atoms with van der Waals surface area (Å²) < 4.78 is 26.8. The Labute approximate surface area is 164 Å². The van der Waals surface area contributed by atoms with Gasteiger partial charge in [0, 0.05) is 23.9 Å². The number of hydrogen-bond donors (Lipinski definition) is 2. The van der Waals surface area contributed by atoms with Crippen molar-refractivity contribution in [2.24, 2.45) is 5.73 Å². The van der Waals surface area contributed by atoms with Gasteiger partial charge in [-0.1, -0.05) is 23.2 Å². The van der Waals surface area contributed by atoms with E-state index in [2.05, 4.69) is 15.3 Å². The van der Waals surface area contributed by atoms with Gasteiger partial charge >= 0.3 is 0 Å². The lowest BCUT2D eigenvalue weighted by molar-refractivity contribution is 0.0696. The lowest BCUT2D eigenvalue weighted by Gasteiger charge is -2.35. The maximum atomic E-state index is 13.9. The molecule has 0 aliphatic carbocycles. The van der Waals surface area contributed by atoms with Gasteiger partial charge in [-0.3, -0.25) is 4.79 Å². The second-order valence-electron chi connectivity index (χ2n) is 6.06. The molecule has 0 saturated heterocycles. The van der Waals surface area contributed by atoms with Crippen molar-refractivity contribution < 1.29 is 13.6 Å². The van der Waals surface area contributed by atoms with Crippen LogP contribution in [0.3, 0.4) is 0 Å². The molecule has 10 heteroatoms. The molecule has 142 valence electrons. The van der Waals surface area contributed by atoms with Crippen LogP contribution in [0, 0.1) is 11.6 Å². The molecule has 0 spiro atoms. The van der Waals surface area contributed by atoms with Crippen molar-refractivity contribution in [3.05, 3.63) is 63.2 Å². The van der Waals surface area contributed by atoms with Crippen LogP contribution in [0.4, 0.5) is 14.7 Å². The second kappa shape index (κ2) is 7.66. The van der Waals surface area contributed by atoms with Gasteiger partial charge in [-0.15, -0.1) is 0 Å². The summed E-state index contributed by atoms with van der Waals surface area (Å²) in [7, 11) is 0. The van der Waals surface area contributed by atoms with Crippen LogP contribution in [-0.2, 0) is 0 Å². The number of hydrogen-bond acceptors (Lipinski definition) is 5. The lowest BCUT2D eigenvalue weighted by Crippen LogP contribution is -2.45. The first-order valence-electron chi connectivity index (χ1n) is 7.94. The van der Waals surface area contributed by atoms with Gasteiger partial charge in [0.2, 0.25) is 5.95 Å². The van der Waals surface area contributed by atoms with Gasteiger partial charge in [0.05, 0.1) is 34.5 Å². The van der Waals surface area contributed by atoms with Crippen molar-refractivity contribution in [1.82, 2.24) is 14.9 Å². The summed E-state index contributed by atoms with van der Waals surface area (Å²) in [4.78, 5) is 21.9. The Kier molecular flexibility index (Phi) is 5.48. The van der Waals surface area contributed by atoms with E-state index in [1.54, 1.807) is 0 Å². The van der Waals surface area contributed by atoms with E-state index >= 15 is 0 Å². The van der Waals surface area contributed by atoms with Gasteiger partial charge in [-0.25, -0.2) is 18.7 Å². The van der Waals surface area contributed by atoms with E-state index in [-0.39, 0.29) is 34.1 Å². The molecule has 27 heavy (non-hydrogen) atoms. The molecule has 1 unspecified atom stereocenters. The minimum atomic E-state index is -0.840. The highest BCUT2D eigenvalue weighted by molar-refractivity contribution is 6.37. The number of carbonyl (C=O) groups is 1. The van der Waals surface area contributed by atoms with Crippen LogP contribution in [-0.4, -0.2) is 33.4 Å². The Morgan fingerprint density at radius 2 is 1.96 bits per heavy atom. The number of benzene rings is 1. The molecule has 0 radical (unpaired) electrons. The highest BCUT2D eigenvalue weighted by Gasteiger charge is 2.30. The molecule has 6 nitrogen and oxygen atoms in total. The van der Waals surface area contributed by atoms with Crippen LogP contribution in [0.15, 0.2) is 35.9 Å². The monoisotopic (exact) mass is 413 g/mol. The van der Waals surface area contributed by atoms with E-state index < -0.39 is 17.5 Å². The molecule has 2 aromatic rings. The smallest absolute Gasteiger partial charge is 0.256 e. The molecule has 3 rings (SSSR count). The van der Waals surface area contributed by atoms with E-state index in [0.717, 1.165) is 12.4 Å². The first-order chi connectivity index (χ1) is 12.8. The Hall–Kier alpha value is -2.45. The van der Waals surface area contributed by atoms with E-state index in [1.807, 2.05) is 6.92 Å². The molecule has 1 aliphatic heterocycles. The molecule has 0 bridgehead atoms. The number of anilines is 1. The summed E-state index contributed by atoms with van der Waals surface area (Å²) in [6, 6.07) is 2.40. The Morgan fingerprint density at radius 1 is 1.30 bits per heavy atom. The van der Waals surface area contributed by atoms with Crippen molar-refractivity contribution in [2.75, 3.05) is 11.9 Å². The zero-order chi connectivity index (χ0) is 19.7. The molecular weight excluding hydrogens is 399 g/mol. The number of aromatic nitrogens is 2. The number of rotatable bonds is 3. The fourth-order valence-corrected chi connectivity index (χ4v) is 3.18. The zero-order valence-corrected chi connectivity index (χ0v) is 15.7. The summed E-state index contributed by atoms with van der Waals surface area (Å²) >= 11 is 11.6. The van der Waals surface area contributed by atoms with Crippen molar-refractivity contribution >= 4 is 35.1 Å². The molecule has 1 aromatic heterocycles. The van der Waals surface area contributed by atoms with Gasteiger partial charge < -0.3 is 16.0 Å². The zero-order valence-electron chi connectivity index (χ0n) is 14.1. The standard InChI is InChI=1S/C17H15Cl2F2N5O/c1-8-4-13(25-17-23-5-9(20)6-24-17)12(22)7-26(8)16(27)10-2-3-11(18)15(21)14(10)19/h2-3,5-6,8H,4,7,22H2,1H3,(H,23,24,25). The van der Waals surface area contributed by atoms with Crippen LogP contribution >= 0.6 is 23.2 Å². The summed E-state index contributed by atoms with van der Waals surface area (Å²) in [5.74, 6) is -1.65. The fraction of sp³-hybridized carbons (Fsp3) is 0.235. The first-order valence-corrected chi connectivity index (χ1v) is 8.70. The summed E-state index contributed by atoms with van der Waals surface area (Å²) in [5, 5.41) is 2.45. The summed E-state index contributed by atoms with van der Waals surface area (Å²) in [5.41, 5.74) is 7.11. The number of nitrogens with two attached hydrogens (primary N) is 1. The first kappa shape index (κ1) is 19.3. The molecule has 0 saturated carbocycles. The van der Waals surface area contributed by atoms with E-state index in [1.165, 1.54) is 17.0 Å². The lowest BCUT2D eigenvalue weighted by atomic mass is 10.0. The molecule has 2 heterocycles. The minimum Gasteiger partial charge on any atom is -0.399 e. The average molecular weight is 414 g/mol. The van der Waals surface area contributed by atoms with Crippen molar-refractivity contribution in [1.29, 1.82) is 0 Å². The third-order valence-electron chi connectivity index (χ3n) is 4.17. The van der Waals surface area contributed by atoms with Crippen LogP contribution < -0.4 is 11.1 Å². The van der Waals surface area contributed by atoms with Gasteiger partial charge in [-0.05, 0) is 19.1 Å².